The molecule has 0 saturated carbocycles. The van der Waals surface area contributed by atoms with Crippen LogP contribution in [0.2, 0.25) is 0 Å². The van der Waals surface area contributed by atoms with Crippen molar-refractivity contribution in [3.8, 4) is 0 Å². The molecule has 0 fully saturated rings. The van der Waals surface area contributed by atoms with Crippen LogP contribution in [0.25, 0.3) is 0 Å². The molecule has 0 amide bonds. The van der Waals surface area contributed by atoms with Gasteiger partial charge in [0.15, 0.2) is 5.85 Å². The van der Waals surface area contributed by atoms with Crippen molar-refractivity contribution < 1.29 is 38.9 Å². The molecule has 12 heteroatoms. The molecule has 1 atom stereocenters. The summed E-state index contributed by atoms with van der Waals surface area (Å²) in [5.41, 5.74) is 0. The van der Waals surface area contributed by atoms with Gasteiger partial charge >= 0.3 is 75.0 Å². The van der Waals surface area contributed by atoms with E-state index in [1.807, 2.05) is 0 Å². The Morgan fingerprint density at radius 2 is 1.47 bits per heavy atom. The van der Waals surface area contributed by atoms with E-state index in [-0.39, 0.29) is 65.5 Å². The van der Waals surface area contributed by atoms with E-state index in [0.29, 0.717) is 0 Å². The predicted molar refractivity (Wildman–Crippen MR) is 57.5 cm³/mol. The number of hydrogen-bond donors (Lipinski definition) is 6. The Morgan fingerprint density at radius 3 is 1.53 bits per heavy atom. The van der Waals surface area contributed by atoms with Gasteiger partial charge in [0.2, 0.25) is 0 Å². The van der Waals surface area contributed by atoms with E-state index in [1.165, 1.54) is 0 Å². The zero-order valence-electron chi connectivity index (χ0n) is 6.44. The van der Waals surface area contributed by atoms with Crippen molar-refractivity contribution in [3.63, 3.8) is 0 Å². The Bertz CT molecular complexity index is 190. The molecule has 6 N–H and O–H groups in total. The Hall–Kier alpha value is 2.22. The van der Waals surface area contributed by atoms with Crippen LogP contribution in [-0.2, 0) is 9.13 Å². The standard InChI is InChI=1S/C3H9O5P.2Na.H3O3P.2H/c4-2-1-3(5)9(6,7)8;;;1-4(2)3;;/h3-5H,1-2H2,(H2,6,7,8);;;4H,(H2,1,2,3);;. The molecular weight excluding hydrogens is 272 g/mol. The fraction of sp³-hybridized carbons (Fsp3) is 1.00. The molecule has 0 radical (unpaired) electrons. The van der Waals surface area contributed by atoms with E-state index in [9.17, 15) is 4.57 Å². The van der Waals surface area contributed by atoms with Crippen LogP contribution in [0.1, 0.15) is 6.42 Å². The molecule has 0 bridgehead atoms. The molecule has 1 unspecified atom stereocenters. The first kappa shape index (κ1) is 25.9. The summed E-state index contributed by atoms with van der Waals surface area (Å²) in [6, 6.07) is 0. The van der Waals surface area contributed by atoms with Crippen molar-refractivity contribution in [1.82, 2.24) is 0 Å². The van der Waals surface area contributed by atoms with Gasteiger partial charge in [0, 0.05) is 13.0 Å². The first-order valence-electron chi connectivity index (χ1n) is 2.97. The third kappa shape index (κ3) is 26.1. The van der Waals surface area contributed by atoms with E-state index >= 15 is 0 Å². The van der Waals surface area contributed by atoms with Gasteiger partial charge in [-0.25, -0.2) is 0 Å². The average molecular weight is 286 g/mol. The van der Waals surface area contributed by atoms with Gasteiger partial charge in [-0.1, -0.05) is 0 Å². The molecule has 0 rings (SSSR count). The summed E-state index contributed by atoms with van der Waals surface area (Å²) >= 11 is 0. The fourth-order valence-corrected chi connectivity index (χ4v) is 0.735. The molecule has 0 aliphatic heterocycles. The zero-order chi connectivity index (χ0) is 11.1. The van der Waals surface area contributed by atoms with Crippen LogP contribution in [0.4, 0.5) is 0 Å². The summed E-state index contributed by atoms with van der Waals surface area (Å²) in [4.78, 5) is 30.6. The van der Waals surface area contributed by atoms with Crippen LogP contribution in [0, 0.1) is 0 Å². The first-order valence-corrected chi connectivity index (χ1v) is 5.96. The zero-order valence-corrected chi connectivity index (χ0v) is 8.33. The second kappa shape index (κ2) is 14.3. The third-order valence-electron chi connectivity index (χ3n) is 0.776. The van der Waals surface area contributed by atoms with E-state index in [1.54, 1.807) is 0 Å². The van der Waals surface area contributed by atoms with Gasteiger partial charge in [0.05, 0.1) is 0 Å². The van der Waals surface area contributed by atoms with Crippen molar-refractivity contribution >= 4 is 75.0 Å². The monoisotopic (exact) mass is 286 g/mol. The molecular formula is C3H14Na2O8P2. The van der Waals surface area contributed by atoms with Crippen LogP contribution < -0.4 is 0 Å². The minimum absolute atomic E-state index is 0. The fourth-order valence-electron chi connectivity index (χ4n) is 0.284. The van der Waals surface area contributed by atoms with E-state index in [4.69, 9.17) is 34.4 Å². The van der Waals surface area contributed by atoms with Crippen LogP contribution in [0.15, 0.2) is 0 Å². The average Bonchev–Trinajstić information content (AvgIpc) is 1.84. The predicted octanol–water partition coefficient (Wildman–Crippen LogP) is -3.07. The summed E-state index contributed by atoms with van der Waals surface area (Å²) in [7, 11) is -7.51. The Morgan fingerprint density at radius 1 is 1.20 bits per heavy atom. The Labute approximate surface area is 131 Å². The van der Waals surface area contributed by atoms with Crippen molar-refractivity contribution in [3.05, 3.63) is 0 Å². The molecule has 0 aromatic carbocycles. The second-order valence-electron chi connectivity index (χ2n) is 1.86. The summed E-state index contributed by atoms with van der Waals surface area (Å²) < 4.78 is 18.8. The summed E-state index contributed by atoms with van der Waals surface area (Å²) in [6.07, 6.45) is -0.287. The maximum absolute atomic E-state index is 10.1. The molecule has 15 heavy (non-hydrogen) atoms. The molecule has 0 aromatic rings. The molecule has 0 aliphatic carbocycles. The second-order valence-corrected chi connectivity index (χ2v) is 4.20. The van der Waals surface area contributed by atoms with Crippen molar-refractivity contribution in [1.29, 1.82) is 0 Å². The molecule has 0 heterocycles. The molecule has 8 nitrogen and oxygen atoms in total. The van der Waals surface area contributed by atoms with Gasteiger partial charge in [-0.2, -0.15) is 0 Å². The topological polar surface area (TPSA) is 156 Å². The van der Waals surface area contributed by atoms with Crippen molar-refractivity contribution in [2.75, 3.05) is 6.61 Å². The van der Waals surface area contributed by atoms with E-state index in [2.05, 4.69) is 0 Å². The first-order chi connectivity index (χ1) is 5.71. The van der Waals surface area contributed by atoms with Crippen molar-refractivity contribution in [2.45, 2.75) is 12.3 Å². The van der Waals surface area contributed by atoms with Crippen LogP contribution in [0.3, 0.4) is 0 Å². The number of hydrogen-bond acceptors (Lipinski definition) is 4. The summed E-state index contributed by atoms with van der Waals surface area (Å²) in [5, 5.41) is 16.6. The van der Waals surface area contributed by atoms with Gasteiger partial charge in [-0.15, -0.1) is 0 Å². The molecule has 0 aliphatic rings. The third-order valence-corrected chi connectivity index (χ3v) is 1.81. The van der Waals surface area contributed by atoms with Gasteiger partial charge in [0.1, 0.15) is 0 Å². The molecule has 0 spiro atoms. The minimum atomic E-state index is -4.38. The molecule has 0 saturated heterocycles. The normalized spacial score (nSPS) is 11.7. The Balaban J connectivity index is -0.0000000883. The number of rotatable bonds is 3. The summed E-state index contributed by atoms with van der Waals surface area (Å²) in [6.45, 7) is -0.424. The molecule has 86 valence electrons. The van der Waals surface area contributed by atoms with Crippen LogP contribution in [-0.4, -0.2) is 101 Å². The number of aliphatic hydroxyl groups is 2. The van der Waals surface area contributed by atoms with Gasteiger partial charge in [-0.3, -0.25) is 9.13 Å². The van der Waals surface area contributed by atoms with Crippen LogP contribution in [0.5, 0.6) is 0 Å². The van der Waals surface area contributed by atoms with E-state index in [0.717, 1.165) is 0 Å². The SMILES string of the molecule is O=P(O)(O)C(O)CCO.O=[PH](O)O.[NaH].[NaH]. The van der Waals surface area contributed by atoms with Gasteiger partial charge < -0.3 is 29.8 Å². The van der Waals surface area contributed by atoms with E-state index < -0.39 is 28.3 Å². The maximum atomic E-state index is 10.1. The van der Waals surface area contributed by atoms with Gasteiger partial charge in [-0.05, 0) is 0 Å². The Kier molecular flexibility index (Phi) is 24.7. The van der Waals surface area contributed by atoms with Gasteiger partial charge in [0.25, 0.3) is 0 Å². The summed E-state index contributed by atoms with van der Waals surface area (Å²) in [5.74, 6) is -1.72. The molecule has 0 aromatic heterocycles. The number of aliphatic hydroxyl groups excluding tert-OH is 2. The van der Waals surface area contributed by atoms with Crippen LogP contribution >= 0.6 is 15.9 Å². The van der Waals surface area contributed by atoms with Crippen molar-refractivity contribution in [2.24, 2.45) is 0 Å². The quantitative estimate of drug-likeness (QED) is 0.236.